The van der Waals surface area contributed by atoms with Gasteiger partial charge in [-0.3, -0.25) is 4.79 Å². The number of hydrogen-bond acceptors (Lipinski definition) is 7. The van der Waals surface area contributed by atoms with E-state index in [0.29, 0.717) is 30.3 Å². The number of amides is 1. The number of carbonyl (C=O) groups excluding carboxylic acids is 1. The number of hydrogen-bond donors (Lipinski definition) is 2. The van der Waals surface area contributed by atoms with Crippen molar-refractivity contribution < 1.29 is 28.9 Å². The third-order valence-electron chi connectivity index (χ3n) is 6.72. The molecule has 0 unspecified atom stereocenters. The molecule has 2 heterocycles. The van der Waals surface area contributed by atoms with Gasteiger partial charge in [-0.2, -0.15) is 0 Å². The summed E-state index contributed by atoms with van der Waals surface area (Å²) in [4.78, 5) is 27.1. The molecular formula is C29H27NO7. The van der Waals surface area contributed by atoms with Gasteiger partial charge in [-0.05, 0) is 55.0 Å². The van der Waals surface area contributed by atoms with Crippen molar-refractivity contribution in [3.8, 4) is 34.3 Å². The zero-order valence-electron chi connectivity index (χ0n) is 20.3. The second-order valence-electron chi connectivity index (χ2n) is 9.14. The van der Waals surface area contributed by atoms with Crippen LogP contribution in [-0.4, -0.2) is 41.4 Å². The first kappa shape index (κ1) is 24.2. The molecule has 190 valence electrons. The van der Waals surface area contributed by atoms with Crippen LogP contribution >= 0.6 is 0 Å². The highest BCUT2D eigenvalue weighted by atomic mass is 16.6. The van der Waals surface area contributed by atoms with Gasteiger partial charge in [0.25, 0.3) is 0 Å². The third kappa shape index (κ3) is 5.09. The maximum absolute atomic E-state index is 12.7. The summed E-state index contributed by atoms with van der Waals surface area (Å²) in [7, 11) is 1.28. The molecule has 4 aromatic rings. The van der Waals surface area contributed by atoms with Crippen LogP contribution in [0.1, 0.15) is 18.4 Å². The van der Waals surface area contributed by atoms with E-state index in [1.165, 1.54) is 24.8 Å². The Labute approximate surface area is 213 Å². The van der Waals surface area contributed by atoms with Crippen LogP contribution in [0.25, 0.3) is 22.3 Å². The SMILES string of the molecule is COc1c(O)cc2oc(-c3ccc(OC(=O)N4CCC(Cc5ccccc5)CC4)cc3)cc(=O)c2c1O. The lowest BCUT2D eigenvalue weighted by Crippen LogP contribution is -2.40. The third-order valence-corrected chi connectivity index (χ3v) is 6.72. The summed E-state index contributed by atoms with van der Waals surface area (Å²) < 4.78 is 16.3. The molecule has 5 rings (SSSR count). The van der Waals surface area contributed by atoms with Crippen molar-refractivity contribution in [2.75, 3.05) is 20.2 Å². The van der Waals surface area contributed by atoms with Crippen LogP contribution < -0.4 is 14.9 Å². The average molecular weight is 502 g/mol. The molecule has 2 N–H and O–H groups in total. The van der Waals surface area contributed by atoms with E-state index in [1.807, 2.05) is 18.2 Å². The summed E-state index contributed by atoms with van der Waals surface area (Å²) in [5.41, 5.74) is 1.41. The number of piperidine rings is 1. The molecule has 1 saturated heterocycles. The summed E-state index contributed by atoms with van der Waals surface area (Å²) >= 11 is 0. The minimum atomic E-state index is -0.488. The van der Waals surface area contributed by atoms with Gasteiger partial charge in [-0.1, -0.05) is 30.3 Å². The fraction of sp³-hybridized carbons (Fsp3) is 0.241. The Bertz CT molecular complexity index is 1470. The average Bonchev–Trinajstić information content (AvgIpc) is 2.90. The summed E-state index contributed by atoms with van der Waals surface area (Å²) in [6.07, 6.45) is 2.49. The van der Waals surface area contributed by atoms with Crippen LogP contribution in [0.5, 0.6) is 23.0 Å². The standard InChI is InChI=1S/C29H27NO7/c1-35-28-23(32)17-25-26(27(28)33)22(31)16-24(37-25)20-7-9-21(10-8-20)36-29(34)30-13-11-19(12-14-30)15-18-5-3-2-4-6-18/h2-10,16-17,19,32-33H,11-15H2,1H3. The van der Waals surface area contributed by atoms with Gasteiger partial charge in [0.2, 0.25) is 5.75 Å². The lowest BCUT2D eigenvalue weighted by molar-refractivity contribution is 0.131. The molecule has 0 radical (unpaired) electrons. The Morgan fingerprint density at radius 2 is 1.73 bits per heavy atom. The summed E-state index contributed by atoms with van der Waals surface area (Å²) in [6, 6.07) is 19.5. The number of aromatic hydroxyl groups is 2. The molecule has 1 aromatic heterocycles. The van der Waals surface area contributed by atoms with E-state index in [9.17, 15) is 19.8 Å². The van der Waals surface area contributed by atoms with Crippen LogP contribution in [0.15, 0.2) is 75.9 Å². The maximum Gasteiger partial charge on any atom is 0.415 e. The number of rotatable bonds is 5. The van der Waals surface area contributed by atoms with Gasteiger partial charge in [0.05, 0.1) is 7.11 Å². The molecule has 37 heavy (non-hydrogen) atoms. The molecule has 1 aliphatic heterocycles. The van der Waals surface area contributed by atoms with Gasteiger partial charge >= 0.3 is 6.09 Å². The molecule has 0 aliphatic carbocycles. The maximum atomic E-state index is 12.7. The van der Waals surface area contributed by atoms with Gasteiger partial charge in [0.1, 0.15) is 22.5 Å². The van der Waals surface area contributed by atoms with E-state index in [0.717, 1.165) is 19.3 Å². The topological polar surface area (TPSA) is 109 Å². The molecule has 0 saturated carbocycles. The molecular weight excluding hydrogens is 474 g/mol. The van der Waals surface area contributed by atoms with Gasteiger partial charge in [-0.15, -0.1) is 0 Å². The quantitative estimate of drug-likeness (QED) is 0.380. The van der Waals surface area contributed by atoms with E-state index in [2.05, 4.69) is 12.1 Å². The van der Waals surface area contributed by atoms with E-state index in [1.54, 1.807) is 29.2 Å². The molecule has 0 atom stereocenters. The highest BCUT2D eigenvalue weighted by Gasteiger charge is 2.24. The van der Waals surface area contributed by atoms with E-state index >= 15 is 0 Å². The predicted molar refractivity (Wildman–Crippen MR) is 138 cm³/mol. The van der Waals surface area contributed by atoms with Crippen molar-refractivity contribution in [2.24, 2.45) is 5.92 Å². The van der Waals surface area contributed by atoms with Gasteiger partial charge in [-0.25, -0.2) is 4.79 Å². The summed E-state index contributed by atoms with van der Waals surface area (Å²) in [5.74, 6) is 0.137. The first-order chi connectivity index (χ1) is 17.9. The number of phenolic OH excluding ortho intramolecular Hbond substituents is 2. The van der Waals surface area contributed by atoms with Crippen LogP contribution in [0.3, 0.4) is 0 Å². The monoisotopic (exact) mass is 501 g/mol. The van der Waals surface area contributed by atoms with Gasteiger partial charge < -0.3 is 29.0 Å². The highest BCUT2D eigenvalue weighted by molar-refractivity contribution is 5.89. The molecule has 8 nitrogen and oxygen atoms in total. The Hall–Kier alpha value is -4.46. The number of likely N-dealkylation sites (tertiary alicyclic amines) is 1. The van der Waals surface area contributed by atoms with Gasteiger partial charge in [0.15, 0.2) is 16.9 Å². The minimum absolute atomic E-state index is 0.0180. The second-order valence-corrected chi connectivity index (χ2v) is 9.14. The predicted octanol–water partition coefficient (Wildman–Crippen LogP) is 5.33. The number of fused-ring (bicyclic) bond motifs is 1. The molecule has 3 aromatic carbocycles. The first-order valence-corrected chi connectivity index (χ1v) is 12.1. The van der Waals surface area contributed by atoms with Crippen molar-refractivity contribution in [1.82, 2.24) is 4.90 Å². The number of nitrogens with zero attached hydrogens (tertiary/aromatic N) is 1. The van der Waals surface area contributed by atoms with Crippen molar-refractivity contribution in [1.29, 1.82) is 0 Å². The Kier molecular flexibility index (Phi) is 6.72. The molecule has 1 amide bonds. The molecule has 0 spiro atoms. The molecule has 1 fully saturated rings. The summed E-state index contributed by atoms with van der Waals surface area (Å²) in [5, 5.41) is 20.2. The molecule has 1 aliphatic rings. The van der Waals surface area contributed by atoms with Crippen molar-refractivity contribution in [2.45, 2.75) is 19.3 Å². The number of methoxy groups -OCH3 is 1. The van der Waals surface area contributed by atoms with Crippen molar-refractivity contribution >= 4 is 17.1 Å². The Balaban J connectivity index is 1.24. The second kappa shape index (κ2) is 10.3. The molecule has 0 bridgehead atoms. The van der Waals surface area contributed by atoms with Gasteiger partial charge in [0, 0.05) is 30.8 Å². The lowest BCUT2D eigenvalue weighted by atomic mass is 9.90. The van der Waals surface area contributed by atoms with E-state index in [4.69, 9.17) is 13.9 Å². The van der Waals surface area contributed by atoms with E-state index < -0.39 is 11.2 Å². The Morgan fingerprint density at radius 1 is 1.03 bits per heavy atom. The zero-order chi connectivity index (χ0) is 25.9. The van der Waals surface area contributed by atoms with Crippen LogP contribution in [0.4, 0.5) is 4.79 Å². The largest absolute Gasteiger partial charge is 0.504 e. The number of benzene rings is 3. The van der Waals surface area contributed by atoms with Crippen LogP contribution in [0, 0.1) is 5.92 Å². The first-order valence-electron chi connectivity index (χ1n) is 12.1. The minimum Gasteiger partial charge on any atom is -0.504 e. The lowest BCUT2D eigenvalue weighted by Gasteiger charge is -2.31. The zero-order valence-corrected chi connectivity index (χ0v) is 20.3. The fourth-order valence-electron chi connectivity index (χ4n) is 4.73. The Morgan fingerprint density at radius 3 is 2.41 bits per heavy atom. The van der Waals surface area contributed by atoms with Crippen LogP contribution in [-0.2, 0) is 6.42 Å². The highest BCUT2D eigenvalue weighted by Crippen LogP contribution is 2.41. The normalized spacial score (nSPS) is 14.0. The van der Waals surface area contributed by atoms with E-state index in [-0.39, 0.29) is 34.3 Å². The summed E-state index contributed by atoms with van der Waals surface area (Å²) in [6.45, 7) is 1.31. The number of phenols is 2. The van der Waals surface area contributed by atoms with Crippen LogP contribution in [0.2, 0.25) is 0 Å². The van der Waals surface area contributed by atoms with Crippen molar-refractivity contribution in [3.63, 3.8) is 0 Å². The number of carbonyl (C=O) groups is 1. The fourth-order valence-corrected chi connectivity index (χ4v) is 4.73. The van der Waals surface area contributed by atoms with Crippen molar-refractivity contribution in [3.05, 3.63) is 82.5 Å². The molecule has 8 heteroatoms. The number of ether oxygens (including phenoxy) is 2. The smallest absolute Gasteiger partial charge is 0.415 e.